The van der Waals surface area contributed by atoms with Crippen molar-refractivity contribution >= 4 is 35.0 Å². The fraction of sp³-hybridized carbons (Fsp3) is 0.357. The van der Waals surface area contributed by atoms with Gasteiger partial charge in [0.15, 0.2) is 0 Å². The van der Waals surface area contributed by atoms with E-state index in [0.29, 0.717) is 0 Å². The zero-order chi connectivity index (χ0) is 13.3. The summed E-state index contributed by atoms with van der Waals surface area (Å²) in [5, 5.41) is 6.20. The topological polar surface area (TPSA) is 66.9 Å². The highest BCUT2D eigenvalue weighted by Gasteiger charge is 2.36. The lowest BCUT2D eigenvalue weighted by atomic mass is 9.89. The van der Waals surface area contributed by atoms with Crippen LogP contribution in [0.15, 0.2) is 30.6 Å². The van der Waals surface area contributed by atoms with Crippen molar-refractivity contribution in [1.29, 1.82) is 0 Å². The highest BCUT2D eigenvalue weighted by Crippen LogP contribution is 2.26. The number of carbonyl (C=O) groups excluding carboxylic acids is 1. The van der Waals surface area contributed by atoms with Crippen LogP contribution < -0.4 is 10.6 Å². The molecule has 2 aromatic rings. The second-order valence-electron chi connectivity index (χ2n) is 5.20. The highest BCUT2D eigenvalue weighted by molar-refractivity contribution is 5.96. The Morgan fingerprint density at radius 2 is 2.05 bits per heavy atom. The average Bonchev–Trinajstić information content (AvgIpc) is 2.87. The van der Waals surface area contributed by atoms with Gasteiger partial charge in [-0.25, -0.2) is 0 Å². The van der Waals surface area contributed by atoms with Gasteiger partial charge in [0, 0.05) is 24.6 Å². The Kier molecular flexibility index (Phi) is 4.20. The molecule has 20 heavy (non-hydrogen) atoms. The number of amides is 1. The van der Waals surface area contributed by atoms with E-state index in [0.717, 1.165) is 36.2 Å². The van der Waals surface area contributed by atoms with E-state index in [-0.39, 0.29) is 23.7 Å². The van der Waals surface area contributed by atoms with E-state index < -0.39 is 0 Å². The van der Waals surface area contributed by atoms with Crippen LogP contribution in [-0.4, -0.2) is 29.0 Å². The van der Waals surface area contributed by atoms with Crippen LogP contribution in [0.25, 0.3) is 11.0 Å². The maximum absolute atomic E-state index is 12.3. The summed E-state index contributed by atoms with van der Waals surface area (Å²) in [4.78, 5) is 20.7. The van der Waals surface area contributed by atoms with Crippen LogP contribution >= 0.6 is 12.4 Å². The van der Waals surface area contributed by atoms with Crippen molar-refractivity contribution in [3.8, 4) is 0 Å². The minimum Gasteiger partial charge on any atom is -0.325 e. The molecular formula is C14H17ClN4O. The van der Waals surface area contributed by atoms with E-state index in [9.17, 15) is 4.79 Å². The lowest BCUT2D eigenvalue weighted by molar-refractivity contribution is -0.123. The molecule has 1 aliphatic heterocycles. The molecule has 0 aliphatic carbocycles. The van der Waals surface area contributed by atoms with Crippen LogP contribution in [0, 0.1) is 5.41 Å². The number of fused-ring (bicyclic) bond motifs is 1. The summed E-state index contributed by atoms with van der Waals surface area (Å²) in [7, 11) is 0. The number of carbonyl (C=O) groups is 1. The normalized spacial score (nSPS) is 21.4. The fourth-order valence-corrected chi connectivity index (χ4v) is 2.33. The van der Waals surface area contributed by atoms with E-state index in [1.807, 2.05) is 25.1 Å². The monoisotopic (exact) mass is 292 g/mol. The number of aromatic nitrogens is 2. The molecule has 1 saturated heterocycles. The summed E-state index contributed by atoms with van der Waals surface area (Å²) in [5.41, 5.74) is 2.06. The lowest BCUT2D eigenvalue weighted by Crippen LogP contribution is -2.35. The Bertz CT molecular complexity index is 625. The number of nitrogens with one attached hydrogen (secondary N) is 2. The zero-order valence-corrected chi connectivity index (χ0v) is 12.0. The summed E-state index contributed by atoms with van der Waals surface area (Å²) >= 11 is 0. The molecule has 1 amide bonds. The molecule has 0 spiro atoms. The van der Waals surface area contributed by atoms with Crippen LogP contribution in [0.4, 0.5) is 5.69 Å². The smallest absolute Gasteiger partial charge is 0.231 e. The summed E-state index contributed by atoms with van der Waals surface area (Å²) in [5.74, 6) is 0.0562. The van der Waals surface area contributed by atoms with Gasteiger partial charge in [-0.15, -0.1) is 12.4 Å². The van der Waals surface area contributed by atoms with Gasteiger partial charge >= 0.3 is 0 Å². The van der Waals surface area contributed by atoms with Gasteiger partial charge in [-0.1, -0.05) is 0 Å². The number of benzene rings is 1. The second kappa shape index (κ2) is 5.73. The van der Waals surface area contributed by atoms with Gasteiger partial charge in [-0.05, 0) is 38.1 Å². The number of hydrogen-bond donors (Lipinski definition) is 2. The van der Waals surface area contributed by atoms with Gasteiger partial charge in [0.25, 0.3) is 0 Å². The van der Waals surface area contributed by atoms with E-state index in [1.54, 1.807) is 12.4 Å². The van der Waals surface area contributed by atoms with Gasteiger partial charge in [0.1, 0.15) is 0 Å². The Balaban J connectivity index is 0.00000147. The molecule has 0 radical (unpaired) electrons. The first-order valence-corrected chi connectivity index (χ1v) is 6.40. The molecule has 1 fully saturated rings. The maximum atomic E-state index is 12.3. The molecule has 106 valence electrons. The summed E-state index contributed by atoms with van der Waals surface area (Å²) < 4.78 is 0. The van der Waals surface area contributed by atoms with Crippen LogP contribution in [0.3, 0.4) is 0 Å². The molecule has 2 N–H and O–H groups in total. The van der Waals surface area contributed by atoms with Crippen molar-refractivity contribution < 1.29 is 4.79 Å². The van der Waals surface area contributed by atoms with Crippen LogP contribution in [0.1, 0.15) is 13.3 Å². The Labute approximate surface area is 123 Å². The molecule has 1 aromatic carbocycles. The third-order valence-electron chi connectivity index (χ3n) is 3.64. The predicted octanol–water partition coefficient (Wildman–Crippen LogP) is 1.99. The Hall–Kier alpha value is -1.72. The van der Waals surface area contributed by atoms with Gasteiger partial charge in [-0.2, -0.15) is 0 Å². The molecule has 0 bridgehead atoms. The number of anilines is 1. The zero-order valence-electron chi connectivity index (χ0n) is 11.2. The van der Waals surface area contributed by atoms with Crippen molar-refractivity contribution in [2.24, 2.45) is 5.41 Å². The van der Waals surface area contributed by atoms with Crippen LogP contribution in [0.2, 0.25) is 0 Å². The maximum Gasteiger partial charge on any atom is 0.231 e. The van der Waals surface area contributed by atoms with Crippen molar-refractivity contribution in [2.45, 2.75) is 13.3 Å². The number of rotatable bonds is 2. The lowest BCUT2D eigenvalue weighted by Gasteiger charge is -2.21. The molecule has 1 atom stereocenters. The number of nitrogens with zero attached hydrogens (tertiary/aromatic N) is 2. The van der Waals surface area contributed by atoms with Crippen molar-refractivity contribution in [3.05, 3.63) is 30.6 Å². The van der Waals surface area contributed by atoms with E-state index in [2.05, 4.69) is 20.6 Å². The quantitative estimate of drug-likeness (QED) is 0.888. The van der Waals surface area contributed by atoms with Crippen LogP contribution in [0.5, 0.6) is 0 Å². The van der Waals surface area contributed by atoms with Crippen LogP contribution in [-0.2, 0) is 4.79 Å². The Morgan fingerprint density at radius 1 is 1.30 bits per heavy atom. The van der Waals surface area contributed by atoms with E-state index in [4.69, 9.17) is 0 Å². The van der Waals surface area contributed by atoms with Gasteiger partial charge in [0.2, 0.25) is 5.91 Å². The minimum atomic E-state index is -0.322. The standard InChI is InChI=1S/C14H16N4O.ClH/c1-14(4-5-15-9-14)13(19)18-10-2-3-11-12(8-10)17-7-6-16-11;/h2-3,6-8,15H,4-5,9H2,1H3,(H,18,19);1H. The Morgan fingerprint density at radius 3 is 2.75 bits per heavy atom. The van der Waals surface area contributed by atoms with Crippen molar-refractivity contribution in [3.63, 3.8) is 0 Å². The third kappa shape index (κ3) is 2.73. The van der Waals surface area contributed by atoms with Gasteiger partial charge < -0.3 is 10.6 Å². The molecule has 5 nitrogen and oxygen atoms in total. The number of halogens is 1. The summed E-state index contributed by atoms with van der Waals surface area (Å²) in [6.45, 7) is 3.61. The highest BCUT2D eigenvalue weighted by atomic mass is 35.5. The number of hydrogen-bond acceptors (Lipinski definition) is 4. The molecule has 1 aliphatic rings. The van der Waals surface area contributed by atoms with Crippen molar-refractivity contribution in [2.75, 3.05) is 18.4 Å². The molecule has 3 rings (SSSR count). The van der Waals surface area contributed by atoms with Gasteiger partial charge in [-0.3, -0.25) is 14.8 Å². The van der Waals surface area contributed by atoms with E-state index in [1.165, 1.54) is 0 Å². The first kappa shape index (κ1) is 14.7. The average molecular weight is 293 g/mol. The summed E-state index contributed by atoms with van der Waals surface area (Å²) in [6.07, 6.45) is 4.17. The fourth-order valence-electron chi connectivity index (χ4n) is 2.33. The predicted molar refractivity (Wildman–Crippen MR) is 81.0 cm³/mol. The summed E-state index contributed by atoms with van der Waals surface area (Å²) in [6, 6.07) is 5.58. The first-order valence-electron chi connectivity index (χ1n) is 6.40. The molecule has 0 saturated carbocycles. The van der Waals surface area contributed by atoms with E-state index >= 15 is 0 Å². The van der Waals surface area contributed by atoms with Gasteiger partial charge in [0.05, 0.1) is 16.4 Å². The molecule has 1 unspecified atom stereocenters. The third-order valence-corrected chi connectivity index (χ3v) is 3.64. The molecule has 2 heterocycles. The first-order chi connectivity index (χ1) is 9.17. The molecule has 6 heteroatoms. The SMILES string of the molecule is CC1(C(=O)Nc2ccc3nccnc3c2)CCNC1.Cl. The largest absolute Gasteiger partial charge is 0.325 e. The molecular weight excluding hydrogens is 276 g/mol. The molecule has 1 aromatic heterocycles. The second-order valence-corrected chi connectivity index (χ2v) is 5.20. The van der Waals surface area contributed by atoms with Crippen molar-refractivity contribution in [1.82, 2.24) is 15.3 Å². The minimum absolute atomic E-state index is 0.